The van der Waals surface area contributed by atoms with Crippen molar-refractivity contribution in [3.05, 3.63) is 59.5 Å². The van der Waals surface area contributed by atoms with Crippen LogP contribution in [-0.2, 0) is 19.6 Å². The standard InChI is InChI=1S/C33H45N5O5S2/c1-21(2)43-32(40)37-24-13-11-23(12-14-24)31-35-20-28(44-31)26-16-15-25(19-29(26)45(41,42)38-33(4,5)6)36-30(39)17-10-22(3)27-9-7-8-18-34-27/h7-9,15-16,18-24,38H,10-14,17H2,1-6H3,(H,36,39)(H,37,40)/t22-,23?,24?/m1/s1. The molecule has 3 aromatic rings. The Morgan fingerprint density at radius 3 is 2.42 bits per heavy atom. The summed E-state index contributed by atoms with van der Waals surface area (Å²) in [6.07, 6.45) is 7.16. The van der Waals surface area contributed by atoms with Gasteiger partial charge in [-0.2, -0.15) is 0 Å². The predicted molar refractivity (Wildman–Crippen MR) is 178 cm³/mol. The number of carbonyl (C=O) groups is 2. The molecular weight excluding hydrogens is 611 g/mol. The number of aromatic nitrogens is 2. The van der Waals surface area contributed by atoms with Crippen molar-refractivity contribution in [2.24, 2.45) is 0 Å². The van der Waals surface area contributed by atoms with Crippen molar-refractivity contribution in [1.82, 2.24) is 20.0 Å². The molecule has 0 radical (unpaired) electrons. The van der Waals surface area contributed by atoms with Crippen LogP contribution >= 0.6 is 11.3 Å². The second kappa shape index (κ2) is 14.8. The van der Waals surface area contributed by atoms with E-state index in [9.17, 15) is 18.0 Å². The van der Waals surface area contributed by atoms with Crippen LogP contribution in [0.3, 0.4) is 0 Å². The van der Waals surface area contributed by atoms with E-state index in [1.165, 1.54) is 17.4 Å². The second-order valence-corrected chi connectivity index (χ2v) is 15.7. The molecule has 45 heavy (non-hydrogen) atoms. The number of hydrogen-bond acceptors (Lipinski definition) is 8. The summed E-state index contributed by atoms with van der Waals surface area (Å²) in [5, 5.41) is 6.78. The van der Waals surface area contributed by atoms with E-state index in [0.717, 1.165) is 41.3 Å². The van der Waals surface area contributed by atoms with Crippen molar-refractivity contribution in [2.45, 2.75) is 114 Å². The van der Waals surface area contributed by atoms with Crippen molar-refractivity contribution in [2.75, 3.05) is 5.32 Å². The fourth-order valence-electron chi connectivity index (χ4n) is 5.37. The van der Waals surface area contributed by atoms with Gasteiger partial charge in [0.05, 0.1) is 20.9 Å². The SMILES string of the molecule is CC(C)OC(=O)NC1CCC(c2ncc(-c3ccc(NC(=O)CC[C@@H](C)c4ccccn4)cc3S(=O)(=O)NC(C)(C)C)s2)CC1. The molecule has 10 nitrogen and oxygen atoms in total. The highest BCUT2D eigenvalue weighted by Gasteiger charge is 2.29. The van der Waals surface area contributed by atoms with Gasteiger partial charge in [0.2, 0.25) is 15.9 Å². The third-order valence-corrected chi connectivity index (χ3v) is 10.5. The Kier molecular flexibility index (Phi) is 11.4. The zero-order chi connectivity index (χ0) is 32.8. The van der Waals surface area contributed by atoms with E-state index in [-0.39, 0.29) is 47.3 Å². The molecule has 1 saturated carbocycles. The maximum atomic E-state index is 13.7. The molecule has 0 saturated heterocycles. The molecule has 4 rings (SSSR count). The van der Waals surface area contributed by atoms with E-state index in [4.69, 9.17) is 9.72 Å². The summed E-state index contributed by atoms with van der Waals surface area (Å²) in [5.41, 5.74) is 1.17. The Labute approximate surface area is 270 Å². The molecule has 2 amide bonds. The zero-order valence-corrected chi connectivity index (χ0v) is 28.6. The van der Waals surface area contributed by atoms with Crippen molar-refractivity contribution in [3.8, 4) is 10.4 Å². The van der Waals surface area contributed by atoms with Gasteiger partial charge < -0.3 is 15.4 Å². The lowest BCUT2D eigenvalue weighted by Crippen LogP contribution is -2.40. The van der Waals surface area contributed by atoms with Gasteiger partial charge in [0.25, 0.3) is 0 Å². The first-order valence-corrected chi connectivity index (χ1v) is 17.8. The third kappa shape index (κ3) is 10.1. The largest absolute Gasteiger partial charge is 0.447 e. The number of alkyl carbamates (subject to hydrolysis) is 1. The van der Waals surface area contributed by atoms with Gasteiger partial charge in [0.15, 0.2) is 0 Å². The Morgan fingerprint density at radius 1 is 1.04 bits per heavy atom. The molecule has 2 heterocycles. The van der Waals surface area contributed by atoms with E-state index in [2.05, 4.69) is 20.3 Å². The summed E-state index contributed by atoms with van der Waals surface area (Å²) in [5.74, 6) is 0.141. The molecule has 1 aliphatic carbocycles. The minimum absolute atomic E-state index is 0.0631. The molecule has 12 heteroatoms. The number of hydrogen-bond donors (Lipinski definition) is 3. The van der Waals surface area contributed by atoms with Gasteiger partial charge in [0.1, 0.15) is 0 Å². The van der Waals surface area contributed by atoms with Gasteiger partial charge in [-0.15, -0.1) is 11.3 Å². The Morgan fingerprint density at radius 2 is 1.78 bits per heavy atom. The van der Waals surface area contributed by atoms with E-state index >= 15 is 0 Å². The van der Waals surface area contributed by atoms with Crippen molar-refractivity contribution in [3.63, 3.8) is 0 Å². The van der Waals surface area contributed by atoms with Crippen molar-refractivity contribution >= 4 is 39.0 Å². The average Bonchev–Trinajstić information content (AvgIpc) is 3.45. The van der Waals surface area contributed by atoms with Gasteiger partial charge in [-0.3, -0.25) is 9.78 Å². The molecule has 3 N–H and O–H groups in total. The van der Waals surface area contributed by atoms with Gasteiger partial charge in [-0.25, -0.2) is 22.9 Å². The first-order chi connectivity index (χ1) is 21.2. The lowest BCUT2D eigenvalue weighted by molar-refractivity contribution is -0.116. The summed E-state index contributed by atoms with van der Waals surface area (Å²) in [7, 11) is -3.94. The zero-order valence-electron chi connectivity index (χ0n) is 26.9. The fourth-order valence-corrected chi connectivity index (χ4v) is 8.23. The topological polar surface area (TPSA) is 139 Å². The van der Waals surface area contributed by atoms with Gasteiger partial charge in [0, 0.05) is 53.3 Å². The molecule has 2 aromatic heterocycles. The van der Waals surface area contributed by atoms with E-state index in [0.29, 0.717) is 17.7 Å². The van der Waals surface area contributed by atoms with Crippen LogP contribution in [0.2, 0.25) is 0 Å². The molecule has 1 atom stereocenters. The van der Waals surface area contributed by atoms with Crippen LogP contribution in [0, 0.1) is 0 Å². The van der Waals surface area contributed by atoms with E-state index in [1.54, 1.807) is 45.3 Å². The van der Waals surface area contributed by atoms with Crippen LogP contribution in [-0.4, -0.2) is 48.1 Å². The minimum atomic E-state index is -3.94. The summed E-state index contributed by atoms with van der Waals surface area (Å²) in [6, 6.07) is 10.8. The van der Waals surface area contributed by atoms with E-state index in [1.807, 2.05) is 39.0 Å². The molecule has 1 aliphatic rings. The summed E-state index contributed by atoms with van der Waals surface area (Å²) in [6.45, 7) is 11.0. The van der Waals surface area contributed by atoms with Crippen molar-refractivity contribution in [1.29, 1.82) is 0 Å². The third-order valence-electron chi connectivity index (χ3n) is 7.52. The quantitative estimate of drug-likeness (QED) is 0.203. The first kappa shape index (κ1) is 34.5. The number of benzene rings is 1. The highest BCUT2D eigenvalue weighted by Crippen LogP contribution is 2.40. The number of pyridine rings is 1. The number of sulfonamides is 1. The number of ether oxygens (including phenoxy) is 1. The maximum Gasteiger partial charge on any atom is 0.407 e. The van der Waals surface area contributed by atoms with Crippen LogP contribution in [0.1, 0.15) is 103 Å². The van der Waals surface area contributed by atoms with Crippen LogP contribution in [0.5, 0.6) is 0 Å². The lowest BCUT2D eigenvalue weighted by atomic mass is 9.86. The molecule has 0 unspecified atom stereocenters. The summed E-state index contributed by atoms with van der Waals surface area (Å²) >= 11 is 1.48. The molecule has 0 bridgehead atoms. The van der Waals surface area contributed by atoms with Crippen LogP contribution < -0.4 is 15.4 Å². The van der Waals surface area contributed by atoms with Gasteiger partial charge >= 0.3 is 6.09 Å². The number of thiazole rings is 1. The van der Waals surface area contributed by atoms with Crippen LogP contribution in [0.25, 0.3) is 10.4 Å². The molecule has 244 valence electrons. The first-order valence-electron chi connectivity index (χ1n) is 15.5. The lowest BCUT2D eigenvalue weighted by Gasteiger charge is -2.28. The molecule has 0 spiro atoms. The normalized spacial score (nSPS) is 17.9. The molecule has 0 aliphatic heterocycles. The monoisotopic (exact) mass is 655 g/mol. The fraction of sp³-hybridized carbons (Fsp3) is 0.515. The van der Waals surface area contributed by atoms with Crippen LogP contribution in [0.15, 0.2) is 53.7 Å². The molecular formula is C33H45N5O5S2. The minimum Gasteiger partial charge on any atom is -0.447 e. The number of anilines is 1. The Balaban J connectivity index is 1.49. The number of amides is 2. The number of rotatable bonds is 11. The van der Waals surface area contributed by atoms with E-state index < -0.39 is 15.6 Å². The molecule has 1 aromatic carbocycles. The molecule has 1 fully saturated rings. The number of nitrogens with one attached hydrogen (secondary N) is 3. The highest BCUT2D eigenvalue weighted by atomic mass is 32.2. The smallest absolute Gasteiger partial charge is 0.407 e. The van der Waals surface area contributed by atoms with Gasteiger partial charge in [-0.1, -0.05) is 19.1 Å². The number of nitrogens with zero attached hydrogens (tertiary/aromatic N) is 2. The summed E-state index contributed by atoms with van der Waals surface area (Å²) in [4.78, 5) is 34.8. The Hall–Kier alpha value is -3.35. The Bertz CT molecular complexity index is 1560. The average molecular weight is 656 g/mol. The van der Waals surface area contributed by atoms with Crippen LogP contribution in [0.4, 0.5) is 10.5 Å². The highest BCUT2D eigenvalue weighted by molar-refractivity contribution is 7.89. The number of carbonyl (C=O) groups excluding carboxylic acids is 2. The van der Waals surface area contributed by atoms with Crippen molar-refractivity contribution < 1.29 is 22.7 Å². The maximum absolute atomic E-state index is 13.7. The second-order valence-electron chi connectivity index (χ2n) is 13.0. The van der Waals surface area contributed by atoms with Gasteiger partial charge in [-0.05, 0) is 96.9 Å². The summed E-state index contributed by atoms with van der Waals surface area (Å²) < 4.78 is 35.3. The predicted octanol–water partition coefficient (Wildman–Crippen LogP) is 6.97.